The van der Waals surface area contributed by atoms with Crippen LogP contribution >= 0.6 is 11.6 Å². The molecule has 3 aliphatic rings. The summed E-state index contributed by atoms with van der Waals surface area (Å²) in [5.74, 6) is 0.911. The van der Waals surface area contributed by atoms with E-state index in [4.69, 9.17) is 16.3 Å². The molecule has 4 unspecified atom stereocenters. The summed E-state index contributed by atoms with van der Waals surface area (Å²) in [5, 5.41) is 6.82. The number of carbonyl (C=O) groups excluding carboxylic acids is 2. The number of amides is 2. The number of hydrogen-bond acceptors (Lipinski definition) is 4. The average molecular weight is 460 g/mol. The number of likely N-dealkylation sites (tertiary alicyclic amines) is 1. The van der Waals surface area contributed by atoms with Gasteiger partial charge >= 0.3 is 0 Å². The summed E-state index contributed by atoms with van der Waals surface area (Å²) in [6, 6.07) is 7.16. The maximum absolute atomic E-state index is 12.7. The molecule has 2 heterocycles. The summed E-state index contributed by atoms with van der Waals surface area (Å²) in [5.41, 5.74) is 0.866. The van der Waals surface area contributed by atoms with Crippen LogP contribution in [0.1, 0.15) is 51.0 Å². The summed E-state index contributed by atoms with van der Waals surface area (Å²) in [6.45, 7) is 6.43. The van der Waals surface area contributed by atoms with Crippen LogP contribution in [0.2, 0.25) is 5.02 Å². The van der Waals surface area contributed by atoms with Gasteiger partial charge in [0.05, 0.1) is 6.04 Å². The first-order chi connectivity index (χ1) is 15.5. The summed E-state index contributed by atoms with van der Waals surface area (Å²) in [6.07, 6.45) is 7.40. The molecule has 3 fully saturated rings. The maximum atomic E-state index is 12.7. The molecule has 4 rings (SSSR count). The van der Waals surface area contributed by atoms with Gasteiger partial charge in [-0.3, -0.25) is 9.59 Å². The van der Waals surface area contributed by atoms with Crippen LogP contribution < -0.4 is 10.6 Å². The quantitative estimate of drug-likeness (QED) is 0.503. The monoisotopic (exact) mass is 459 g/mol. The lowest BCUT2D eigenvalue weighted by Gasteiger charge is -2.39. The average Bonchev–Trinajstić information content (AvgIpc) is 2.78. The van der Waals surface area contributed by atoms with E-state index in [0.717, 1.165) is 37.3 Å². The van der Waals surface area contributed by atoms with E-state index >= 15 is 0 Å². The minimum absolute atomic E-state index is 0.0723. The second-order valence-corrected chi connectivity index (χ2v) is 9.94. The van der Waals surface area contributed by atoms with Crippen molar-refractivity contribution in [1.82, 2.24) is 15.5 Å². The van der Waals surface area contributed by atoms with E-state index in [9.17, 15) is 9.59 Å². The van der Waals surface area contributed by atoms with Crippen molar-refractivity contribution in [2.75, 3.05) is 26.2 Å². The number of hydrogen-bond donors (Lipinski definition) is 2. The zero-order valence-electron chi connectivity index (χ0n) is 18.8. The van der Waals surface area contributed by atoms with Crippen molar-refractivity contribution in [3.8, 4) is 0 Å². The molecular weight excluding hydrogens is 426 g/mol. The number of ether oxygens (including phenoxy) is 1. The summed E-state index contributed by atoms with van der Waals surface area (Å²) in [4.78, 5) is 27.7. The number of rotatable bonds is 6. The fourth-order valence-corrected chi connectivity index (χ4v) is 5.21. The van der Waals surface area contributed by atoms with Gasteiger partial charge in [0.15, 0.2) is 5.76 Å². The standard InChI is InChI=1S/C25H34ClN3O3/c1-17-4-2-12-29(16-17)13-3-11-27-24(30)19-7-10-22-21(15-19)28-25(31)23(32-22)14-18-5-8-20(26)9-6-18/h5-6,8-9,14,17,19,21-22H,2-4,7,10-13,15-16H2,1H3,(H,27,30)(H,28,31)/b23-14-. The first kappa shape index (κ1) is 23.1. The molecule has 7 heteroatoms. The summed E-state index contributed by atoms with van der Waals surface area (Å²) >= 11 is 5.93. The molecule has 4 atom stereocenters. The van der Waals surface area contributed by atoms with Crippen molar-refractivity contribution < 1.29 is 14.3 Å². The molecule has 2 amide bonds. The predicted molar refractivity (Wildman–Crippen MR) is 126 cm³/mol. The zero-order chi connectivity index (χ0) is 22.5. The first-order valence-corrected chi connectivity index (χ1v) is 12.3. The van der Waals surface area contributed by atoms with Gasteiger partial charge in [0.1, 0.15) is 6.10 Å². The van der Waals surface area contributed by atoms with Gasteiger partial charge in [-0.25, -0.2) is 0 Å². The minimum atomic E-state index is -0.224. The lowest BCUT2D eigenvalue weighted by Crippen LogP contribution is -2.54. The largest absolute Gasteiger partial charge is 0.483 e. The Bertz CT molecular complexity index is 841. The van der Waals surface area contributed by atoms with Crippen LogP contribution in [0, 0.1) is 11.8 Å². The molecule has 0 spiro atoms. The number of nitrogens with zero attached hydrogens (tertiary/aromatic N) is 1. The molecule has 1 saturated carbocycles. The van der Waals surface area contributed by atoms with Crippen molar-refractivity contribution in [1.29, 1.82) is 0 Å². The molecule has 6 nitrogen and oxygen atoms in total. The van der Waals surface area contributed by atoms with Gasteiger partial charge < -0.3 is 20.3 Å². The van der Waals surface area contributed by atoms with E-state index in [1.165, 1.54) is 25.9 Å². The van der Waals surface area contributed by atoms with Gasteiger partial charge in [0, 0.05) is 24.0 Å². The Labute approximate surface area is 195 Å². The molecule has 2 N–H and O–H groups in total. The molecule has 174 valence electrons. The highest BCUT2D eigenvalue weighted by molar-refractivity contribution is 6.30. The van der Waals surface area contributed by atoms with Crippen LogP contribution in [0.3, 0.4) is 0 Å². The fraction of sp³-hybridized carbons (Fsp3) is 0.600. The molecule has 2 saturated heterocycles. The second-order valence-electron chi connectivity index (χ2n) is 9.50. The van der Waals surface area contributed by atoms with E-state index in [1.54, 1.807) is 18.2 Å². The third kappa shape index (κ3) is 6.04. The normalized spacial score (nSPS) is 29.7. The highest BCUT2D eigenvalue weighted by atomic mass is 35.5. The van der Waals surface area contributed by atoms with Gasteiger partial charge in [-0.1, -0.05) is 30.7 Å². The Kier molecular flexibility index (Phi) is 7.74. The molecule has 0 aromatic heterocycles. The first-order valence-electron chi connectivity index (χ1n) is 11.9. The van der Waals surface area contributed by atoms with Crippen molar-refractivity contribution in [2.24, 2.45) is 11.8 Å². The van der Waals surface area contributed by atoms with Gasteiger partial charge in [-0.05, 0) is 81.3 Å². The number of benzene rings is 1. The Hall–Kier alpha value is -2.05. The summed E-state index contributed by atoms with van der Waals surface area (Å²) in [7, 11) is 0. The van der Waals surface area contributed by atoms with E-state index in [1.807, 2.05) is 12.1 Å². The van der Waals surface area contributed by atoms with E-state index < -0.39 is 0 Å². The van der Waals surface area contributed by atoms with Crippen molar-refractivity contribution >= 4 is 29.5 Å². The molecule has 32 heavy (non-hydrogen) atoms. The minimum Gasteiger partial charge on any atom is -0.483 e. The van der Waals surface area contributed by atoms with Crippen LogP contribution in [0.4, 0.5) is 0 Å². The third-order valence-electron chi connectivity index (χ3n) is 6.84. The molecule has 1 aliphatic carbocycles. The van der Waals surface area contributed by atoms with Crippen LogP contribution in [0.25, 0.3) is 6.08 Å². The third-order valence-corrected chi connectivity index (χ3v) is 7.09. The topological polar surface area (TPSA) is 70.7 Å². The Morgan fingerprint density at radius 3 is 2.88 bits per heavy atom. The Morgan fingerprint density at radius 1 is 1.28 bits per heavy atom. The predicted octanol–water partition coefficient (Wildman–Crippen LogP) is 3.60. The van der Waals surface area contributed by atoms with Crippen LogP contribution in [-0.4, -0.2) is 55.0 Å². The number of nitrogens with one attached hydrogen (secondary N) is 2. The smallest absolute Gasteiger partial charge is 0.286 e. The lowest BCUT2D eigenvalue weighted by molar-refractivity contribution is -0.134. The van der Waals surface area contributed by atoms with Crippen LogP contribution in [0.15, 0.2) is 30.0 Å². The van der Waals surface area contributed by atoms with Crippen molar-refractivity contribution in [2.45, 2.75) is 57.6 Å². The van der Waals surface area contributed by atoms with Crippen LogP contribution in [-0.2, 0) is 14.3 Å². The fourth-order valence-electron chi connectivity index (χ4n) is 5.09. The highest BCUT2D eigenvalue weighted by Gasteiger charge is 2.40. The molecule has 1 aromatic rings. The number of halogens is 1. The Balaban J connectivity index is 1.22. The SMILES string of the molecule is CC1CCCN(CCCNC(=O)C2CCC3O/C(=C\c4ccc(Cl)cc4)C(=O)NC3C2)C1. The van der Waals surface area contributed by atoms with Gasteiger partial charge in [0.2, 0.25) is 5.91 Å². The Morgan fingerprint density at radius 2 is 2.09 bits per heavy atom. The molecule has 0 bridgehead atoms. The van der Waals surface area contributed by atoms with E-state index in [-0.39, 0.29) is 29.9 Å². The van der Waals surface area contributed by atoms with Gasteiger partial charge in [0.25, 0.3) is 5.91 Å². The van der Waals surface area contributed by atoms with Crippen LogP contribution in [0.5, 0.6) is 0 Å². The summed E-state index contributed by atoms with van der Waals surface area (Å²) < 4.78 is 6.02. The molecular formula is C25H34ClN3O3. The van der Waals surface area contributed by atoms with Gasteiger partial charge in [-0.15, -0.1) is 0 Å². The van der Waals surface area contributed by atoms with E-state index in [0.29, 0.717) is 23.7 Å². The molecule has 1 aromatic carbocycles. The van der Waals surface area contributed by atoms with Crippen molar-refractivity contribution in [3.63, 3.8) is 0 Å². The number of fused-ring (bicyclic) bond motifs is 1. The molecule has 0 radical (unpaired) electrons. The highest BCUT2D eigenvalue weighted by Crippen LogP contribution is 2.31. The zero-order valence-corrected chi connectivity index (χ0v) is 19.6. The van der Waals surface area contributed by atoms with E-state index in [2.05, 4.69) is 22.5 Å². The number of piperidine rings is 1. The lowest BCUT2D eigenvalue weighted by atomic mass is 9.82. The molecule has 2 aliphatic heterocycles. The number of morpholine rings is 1. The van der Waals surface area contributed by atoms with Crippen molar-refractivity contribution in [3.05, 3.63) is 40.6 Å². The maximum Gasteiger partial charge on any atom is 0.286 e. The van der Waals surface area contributed by atoms with Gasteiger partial charge in [-0.2, -0.15) is 0 Å². The second kappa shape index (κ2) is 10.7. The number of carbonyl (C=O) groups is 2.